The molecule has 0 unspecified atom stereocenters. The van der Waals surface area contributed by atoms with Crippen LogP contribution in [0.15, 0.2) is 27.4 Å². The van der Waals surface area contributed by atoms with Gasteiger partial charge < -0.3 is 15.1 Å². The summed E-state index contributed by atoms with van der Waals surface area (Å²) in [5, 5.41) is 11.8. The van der Waals surface area contributed by atoms with Gasteiger partial charge in [-0.25, -0.2) is 9.89 Å². The lowest BCUT2D eigenvalue weighted by Gasteiger charge is -2.27. The van der Waals surface area contributed by atoms with E-state index in [0.717, 1.165) is 32.2 Å². The number of alkyl halides is 3. The molecule has 0 atom stereocenters. The number of halogens is 3. The molecule has 0 spiro atoms. The molecular weight excluding hydrogens is 339 g/mol. The number of nitrogens with one attached hydrogen (secondary N) is 3. The van der Waals surface area contributed by atoms with Crippen molar-refractivity contribution in [3.63, 3.8) is 0 Å². The molecule has 0 saturated carbocycles. The van der Waals surface area contributed by atoms with Crippen molar-refractivity contribution < 1.29 is 17.6 Å². The van der Waals surface area contributed by atoms with Gasteiger partial charge in [-0.3, -0.25) is 4.90 Å². The molecule has 3 N–H and O–H groups in total. The first-order chi connectivity index (χ1) is 11.9. The first-order valence-electron chi connectivity index (χ1n) is 7.87. The Morgan fingerprint density at radius 3 is 2.68 bits per heavy atom. The van der Waals surface area contributed by atoms with Crippen molar-refractivity contribution in [2.45, 2.75) is 6.18 Å². The molecule has 0 bridgehead atoms. The van der Waals surface area contributed by atoms with Crippen molar-refractivity contribution in [3.05, 3.63) is 34.3 Å². The third-order valence-electron chi connectivity index (χ3n) is 3.96. The molecule has 0 amide bonds. The highest BCUT2D eigenvalue weighted by atomic mass is 19.4. The minimum absolute atomic E-state index is 0.0520. The van der Waals surface area contributed by atoms with E-state index in [1.54, 1.807) is 0 Å². The molecular formula is C15H18F3N5O2. The lowest BCUT2D eigenvalue weighted by Crippen LogP contribution is -2.45. The van der Waals surface area contributed by atoms with Crippen LogP contribution >= 0.6 is 0 Å². The number of aromatic amines is 1. The van der Waals surface area contributed by atoms with Crippen LogP contribution in [0.25, 0.3) is 11.5 Å². The van der Waals surface area contributed by atoms with Gasteiger partial charge in [-0.1, -0.05) is 0 Å². The van der Waals surface area contributed by atoms with Crippen LogP contribution in [0.4, 0.5) is 18.9 Å². The summed E-state index contributed by atoms with van der Waals surface area (Å²) < 4.78 is 44.4. The van der Waals surface area contributed by atoms with Crippen LogP contribution in [0.1, 0.15) is 5.56 Å². The average molecular weight is 357 g/mol. The molecule has 1 aromatic carbocycles. The van der Waals surface area contributed by atoms with Crippen LogP contribution in [-0.2, 0) is 6.18 Å². The van der Waals surface area contributed by atoms with Crippen molar-refractivity contribution in [2.24, 2.45) is 0 Å². The Kier molecular flexibility index (Phi) is 5.09. The maximum Gasteiger partial charge on any atom is 0.434 e. The molecule has 0 radical (unpaired) electrons. The van der Waals surface area contributed by atoms with Gasteiger partial charge in [0.15, 0.2) is 0 Å². The maximum atomic E-state index is 13.2. The molecule has 2 aromatic rings. The number of hydrogen-bond donors (Lipinski definition) is 3. The Hall–Kier alpha value is -2.33. The Labute approximate surface area is 141 Å². The summed E-state index contributed by atoms with van der Waals surface area (Å²) in [4.78, 5) is 13.2. The summed E-state index contributed by atoms with van der Waals surface area (Å²) in [6.07, 6.45) is -4.48. The molecule has 25 heavy (non-hydrogen) atoms. The van der Waals surface area contributed by atoms with Gasteiger partial charge in [-0.15, -0.1) is 5.10 Å². The molecule has 1 saturated heterocycles. The van der Waals surface area contributed by atoms with Crippen LogP contribution in [0.5, 0.6) is 0 Å². The van der Waals surface area contributed by atoms with Gasteiger partial charge in [0.25, 0.3) is 0 Å². The van der Waals surface area contributed by atoms with E-state index < -0.39 is 17.5 Å². The zero-order valence-electron chi connectivity index (χ0n) is 13.3. The van der Waals surface area contributed by atoms with Crippen LogP contribution in [0.3, 0.4) is 0 Å². The predicted molar refractivity (Wildman–Crippen MR) is 85.4 cm³/mol. The van der Waals surface area contributed by atoms with E-state index in [9.17, 15) is 18.0 Å². The monoisotopic (exact) mass is 357 g/mol. The van der Waals surface area contributed by atoms with E-state index in [1.807, 2.05) is 0 Å². The summed E-state index contributed by atoms with van der Waals surface area (Å²) >= 11 is 0. The maximum absolute atomic E-state index is 13.2. The zero-order valence-corrected chi connectivity index (χ0v) is 13.3. The highest BCUT2D eigenvalue weighted by Gasteiger charge is 2.33. The standard InChI is InChI=1S/C15H18F3N5O2/c16-15(17,18)11-2-1-10(13-21-22-14(24)25-13)9-12(11)20-5-8-23-6-3-19-4-7-23/h1-2,9,19-20H,3-8H2,(H,22,24). The largest absolute Gasteiger partial charge is 0.434 e. The molecule has 10 heteroatoms. The van der Waals surface area contributed by atoms with Gasteiger partial charge in [0.1, 0.15) is 0 Å². The Morgan fingerprint density at radius 1 is 1.28 bits per heavy atom. The van der Waals surface area contributed by atoms with Gasteiger partial charge in [0, 0.05) is 50.5 Å². The minimum atomic E-state index is -4.48. The fourth-order valence-corrected chi connectivity index (χ4v) is 2.71. The second kappa shape index (κ2) is 7.28. The first-order valence-corrected chi connectivity index (χ1v) is 7.87. The number of aromatic nitrogens is 2. The SMILES string of the molecule is O=c1[nH]nc(-c2ccc(C(F)(F)F)c(NCCN3CCNCC3)c2)o1. The third kappa shape index (κ3) is 4.40. The lowest BCUT2D eigenvalue weighted by molar-refractivity contribution is -0.136. The van der Waals surface area contributed by atoms with Gasteiger partial charge in [0.05, 0.1) is 5.56 Å². The minimum Gasteiger partial charge on any atom is -0.388 e. The summed E-state index contributed by atoms with van der Waals surface area (Å²) in [5.41, 5.74) is -0.545. The van der Waals surface area contributed by atoms with E-state index in [4.69, 9.17) is 4.42 Å². The third-order valence-corrected chi connectivity index (χ3v) is 3.96. The van der Waals surface area contributed by atoms with Crippen molar-refractivity contribution in [1.82, 2.24) is 20.4 Å². The normalized spacial score (nSPS) is 16.1. The highest BCUT2D eigenvalue weighted by Crippen LogP contribution is 2.36. The van der Waals surface area contributed by atoms with Crippen LogP contribution in [-0.4, -0.2) is 54.4 Å². The van der Waals surface area contributed by atoms with E-state index in [2.05, 4.69) is 25.7 Å². The molecule has 7 nitrogen and oxygen atoms in total. The number of hydrogen-bond acceptors (Lipinski definition) is 6. The quantitative estimate of drug-likeness (QED) is 0.749. The lowest BCUT2D eigenvalue weighted by atomic mass is 10.1. The first kappa shape index (κ1) is 17.5. The highest BCUT2D eigenvalue weighted by molar-refractivity contribution is 5.65. The van der Waals surface area contributed by atoms with E-state index in [0.29, 0.717) is 13.1 Å². The number of H-pyrrole nitrogens is 1. The zero-order chi connectivity index (χ0) is 17.9. The smallest absolute Gasteiger partial charge is 0.388 e. The van der Waals surface area contributed by atoms with Crippen molar-refractivity contribution in [3.8, 4) is 11.5 Å². The second-order valence-electron chi connectivity index (χ2n) is 5.69. The molecule has 136 valence electrons. The molecule has 1 aliphatic heterocycles. The van der Waals surface area contributed by atoms with Crippen LogP contribution in [0.2, 0.25) is 0 Å². The summed E-state index contributed by atoms with van der Waals surface area (Å²) in [6, 6.07) is 3.47. The van der Waals surface area contributed by atoms with Crippen molar-refractivity contribution in [2.75, 3.05) is 44.6 Å². The Morgan fingerprint density at radius 2 is 2.04 bits per heavy atom. The number of nitrogens with zero attached hydrogens (tertiary/aromatic N) is 2. The topological polar surface area (TPSA) is 86.2 Å². The Bertz CT molecular complexity index is 765. The summed E-state index contributed by atoms with van der Waals surface area (Å²) in [7, 11) is 0. The van der Waals surface area contributed by atoms with Crippen molar-refractivity contribution >= 4 is 5.69 Å². The number of piperazine rings is 1. The van der Waals surface area contributed by atoms with Gasteiger partial charge in [-0.2, -0.15) is 13.2 Å². The Balaban J connectivity index is 1.77. The van der Waals surface area contributed by atoms with Crippen LogP contribution in [0, 0.1) is 0 Å². The molecule has 1 aliphatic rings. The number of anilines is 1. The molecule has 0 aliphatic carbocycles. The predicted octanol–water partition coefficient (Wildman–Crippen LogP) is 1.37. The fraction of sp³-hybridized carbons (Fsp3) is 0.467. The van der Waals surface area contributed by atoms with E-state index >= 15 is 0 Å². The van der Waals surface area contributed by atoms with Gasteiger partial charge in [-0.05, 0) is 18.2 Å². The van der Waals surface area contributed by atoms with Gasteiger partial charge in [0.2, 0.25) is 5.89 Å². The fourth-order valence-electron chi connectivity index (χ4n) is 2.71. The number of rotatable bonds is 5. The molecule has 1 fully saturated rings. The summed E-state index contributed by atoms with van der Waals surface area (Å²) in [6.45, 7) is 4.50. The van der Waals surface area contributed by atoms with E-state index in [-0.39, 0.29) is 17.1 Å². The molecule has 3 rings (SSSR count). The molecule has 2 heterocycles. The average Bonchev–Trinajstić information content (AvgIpc) is 3.01. The van der Waals surface area contributed by atoms with Crippen molar-refractivity contribution in [1.29, 1.82) is 0 Å². The van der Waals surface area contributed by atoms with Gasteiger partial charge >= 0.3 is 11.9 Å². The summed E-state index contributed by atoms with van der Waals surface area (Å²) in [5.74, 6) is -0.813. The molecule has 1 aromatic heterocycles. The van der Waals surface area contributed by atoms with E-state index in [1.165, 1.54) is 12.1 Å². The second-order valence-corrected chi connectivity index (χ2v) is 5.69. The number of benzene rings is 1. The van der Waals surface area contributed by atoms with Crippen LogP contribution < -0.4 is 16.4 Å².